The second-order valence-electron chi connectivity index (χ2n) is 10.4. The number of para-hydroxylation sites is 1. The molecule has 0 spiro atoms. The first-order valence-corrected chi connectivity index (χ1v) is 13.7. The van der Waals surface area contributed by atoms with E-state index < -0.39 is 29.8 Å². The Balaban J connectivity index is 1.73. The molecular weight excluding hydrogens is 512 g/mol. The van der Waals surface area contributed by atoms with Crippen LogP contribution in [0.1, 0.15) is 56.0 Å². The lowest BCUT2D eigenvalue weighted by Gasteiger charge is -2.25. The topological polar surface area (TPSA) is 135 Å². The highest BCUT2D eigenvalue weighted by molar-refractivity contribution is 6.01. The number of hydrogen-bond acceptors (Lipinski definition) is 6. The van der Waals surface area contributed by atoms with E-state index in [1.54, 1.807) is 38.3 Å². The molecule has 10 nitrogen and oxygen atoms in total. The Hall–Kier alpha value is -4.08. The van der Waals surface area contributed by atoms with Crippen molar-refractivity contribution in [2.75, 3.05) is 20.3 Å². The van der Waals surface area contributed by atoms with Crippen molar-refractivity contribution in [1.82, 2.24) is 21.3 Å². The monoisotopic (exact) mass is 552 g/mol. The van der Waals surface area contributed by atoms with E-state index in [2.05, 4.69) is 21.3 Å². The zero-order chi connectivity index (χ0) is 29.1. The standard InChI is InChI=1S/C30H40N4O6/c1-19(2)15-22-18-40-26-13-6-5-12-24(26)29(37)34-25(17-27(35)32-20(3)28(36)33-22)30(38)31-14-8-10-21-9-7-11-23(16-21)39-4/h5-7,9,11-13,16,19-20,22,25H,8,10,14-15,17-18H2,1-4H3,(H,31,38)(H,32,35)(H,33,36)(H,34,37)/t20-,22-,25-/m0/s1. The average molecular weight is 553 g/mol. The van der Waals surface area contributed by atoms with Crippen molar-refractivity contribution < 1.29 is 28.7 Å². The first-order valence-electron chi connectivity index (χ1n) is 13.7. The lowest BCUT2D eigenvalue weighted by atomic mass is 10.0. The first kappa shape index (κ1) is 30.5. The highest BCUT2D eigenvalue weighted by Crippen LogP contribution is 2.20. The van der Waals surface area contributed by atoms with Crippen molar-refractivity contribution in [3.63, 3.8) is 0 Å². The van der Waals surface area contributed by atoms with Crippen LogP contribution in [0.25, 0.3) is 0 Å². The van der Waals surface area contributed by atoms with Crippen LogP contribution in [0.4, 0.5) is 0 Å². The molecule has 4 amide bonds. The highest BCUT2D eigenvalue weighted by atomic mass is 16.5. The fraction of sp³-hybridized carbons (Fsp3) is 0.467. The molecule has 4 N–H and O–H groups in total. The number of benzene rings is 2. The van der Waals surface area contributed by atoms with Gasteiger partial charge in [0.1, 0.15) is 30.2 Å². The van der Waals surface area contributed by atoms with Crippen LogP contribution in [-0.4, -0.2) is 62.0 Å². The minimum atomic E-state index is -1.15. The molecule has 216 valence electrons. The molecule has 0 radical (unpaired) electrons. The van der Waals surface area contributed by atoms with E-state index in [1.165, 1.54) is 0 Å². The zero-order valence-corrected chi connectivity index (χ0v) is 23.6. The number of hydrogen-bond donors (Lipinski definition) is 4. The number of aryl methyl sites for hydroxylation is 1. The fourth-order valence-electron chi connectivity index (χ4n) is 4.49. The normalized spacial score (nSPS) is 20.2. The van der Waals surface area contributed by atoms with Gasteiger partial charge in [-0.05, 0) is 61.9 Å². The minimum Gasteiger partial charge on any atom is -0.497 e. The van der Waals surface area contributed by atoms with Gasteiger partial charge in [0.2, 0.25) is 17.7 Å². The van der Waals surface area contributed by atoms with Crippen molar-refractivity contribution in [3.8, 4) is 11.5 Å². The summed E-state index contributed by atoms with van der Waals surface area (Å²) in [5, 5.41) is 11.1. The van der Waals surface area contributed by atoms with Gasteiger partial charge in [0.05, 0.1) is 25.1 Å². The molecule has 0 fully saturated rings. The summed E-state index contributed by atoms with van der Waals surface area (Å²) in [6, 6.07) is 12.1. The lowest BCUT2D eigenvalue weighted by Crippen LogP contribution is -2.53. The molecule has 0 saturated heterocycles. The van der Waals surface area contributed by atoms with Crippen LogP contribution in [0.15, 0.2) is 48.5 Å². The zero-order valence-electron chi connectivity index (χ0n) is 23.6. The molecular formula is C30H40N4O6. The number of amides is 4. The molecule has 0 unspecified atom stereocenters. The van der Waals surface area contributed by atoms with Gasteiger partial charge < -0.3 is 30.7 Å². The van der Waals surface area contributed by atoms with Crippen LogP contribution in [-0.2, 0) is 20.8 Å². The Bertz CT molecular complexity index is 1180. The summed E-state index contributed by atoms with van der Waals surface area (Å²) in [5.74, 6) is -0.529. The van der Waals surface area contributed by atoms with E-state index in [0.717, 1.165) is 11.3 Å². The van der Waals surface area contributed by atoms with Gasteiger partial charge in [0, 0.05) is 6.54 Å². The number of carbonyl (C=O) groups excluding carboxylic acids is 4. The second-order valence-corrected chi connectivity index (χ2v) is 10.4. The minimum absolute atomic E-state index is 0.145. The Kier molecular flexibility index (Phi) is 11.4. The van der Waals surface area contributed by atoms with E-state index in [-0.39, 0.29) is 36.5 Å². The average Bonchev–Trinajstić information content (AvgIpc) is 2.92. The number of nitrogens with one attached hydrogen (secondary N) is 4. The number of carbonyl (C=O) groups is 4. The van der Waals surface area contributed by atoms with Crippen molar-refractivity contribution in [3.05, 3.63) is 59.7 Å². The number of methoxy groups -OCH3 is 1. The lowest BCUT2D eigenvalue weighted by molar-refractivity contribution is -0.131. The van der Waals surface area contributed by atoms with Crippen molar-refractivity contribution >= 4 is 23.6 Å². The molecule has 2 aromatic carbocycles. The van der Waals surface area contributed by atoms with Crippen molar-refractivity contribution in [2.24, 2.45) is 5.92 Å². The van der Waals surface area contributed by atoms with Gasteiger partial charge in [0.15, 0.2) is 0 Å². The quantitative estimate of drug-likeness (QED) is 0.372. The predicted molar refractivity (Wildman–Crippen MR) is 151 cm³/mol. The van der Waals surface area contributed by atoms with E-state index in [9.17, 15) is 19.2 Å². The summed E-state index contributed by atoms with van der Waals surface area (Å²) >= 11 is 0. The molecule has 1 aliphatic heterocycles. The smallest absolute Gasteiger partial charge is 0.255 e. The van der Waals surface area contributed by atoms with Crippen LogP contribution in [0.3, 0.4) is 0 Å². The van der Waals surface area contributed by atoms with Crippen LogP contribution in [0.5, 0.6) is 11.5 Å². The summed E-state index contributed by atoms with van der Waals surface area (Å²) in [6.07, 6.45) is 1.69. The van der Waals surface area contributed by atoms with Gasteiger partial charge in [0.25, 0.3) is 5.91 Å². The van der Waals surface area contributed by atoms with Crippen LogP contribution in [0, 0.1) is 5.92 Å². The number of rotatable bonds is 8. The number of ether oxygens (including phenoxy) is 2. The summed E-state index contributed by atoms with van der Waals surface area (Å²) in [6.45, 7) is 6.14. The second kappa shape index (κ2) is 14.9. The molecule has 0 saturated carbocycles. The maximum Gasteiger partial charge on any atom is 0.255 e. The number of fused-ring (bicyclic) bond motifs is 1. The van der Waals surface area contributed by atoms with E-state index in [1.807, 2.05) is 38.1 Å². The predicted octanol–water partition coefficient (Wildman–Crippen LogP) is 2.36. The Morgan fingerprint density at radius 1 is 1.07 bits per heavy atom. The van der Waals surface area contributed by atoms with Gasteiger partial charge in [-0.3, -0.25) is 19.2 Å². The Morgan fingerprint density at radius 2 is 1.85 bits per heavy atom. The van der Waals surface area contributed by atoms with Crippen LogP contribution < -0.4 is 30.7 Å². The summed E-state index contributed by atoms with van der Waals surface area (Å²) in [7, 11) is 1.61. The third-order valence-corrected chi connectivity index (χ3v) is 6.53. The molecule has 2 aromatic rings. The molecule has 40 heavy (non-hydrogen) atoms. The fourth-order valence-corrected chi connectivity index (χ4v) is 4.49. The van der Waals surface area contributed by atoms with E-state index in [4.69, 9.17) is 9.47 Å². The van der Waals surface area contributed by atoms with Gasteiger partial charge in [-0.2, -0.15) is 0 Å². The van der Waals surface area contributed by atoms with Crippen molar-refractivity contribution in [1.29, 1.82) is 0 Å². The van der Waals surface area contributed by atoms with Crippen LogP contribution >= 0.6 is 0 Å². The molecule has 0 aromatic heterocycles. The third kappa shape index (κ3) is 9.29. The van der Waals surface area contributed by atoms with Gasteiger partial charge in [-0.25, -0.2) is 0 Å². The Morgan fingerprint density at radius 3 is 2.60 bits per heavy atom. The highest BCUT2D eigenvalue weighted by Gasteiger charge is 2.28. The molecule has 3 rings (SSSR count). The van der Waals surface area contributed by atoms with Gasteiger partial charge in [-0.1, -0.05) is 38.1 Å². The molecule has 0 aliphatic carbocycles. The molecule has 10 heteroatoms. The molecule has 1 heterocycles. The molecule has 3 atom stereocenters. The third-order valence-electron chi connectivity index (χ3n) is 6.53. The van der Waals surface area contributed by atoms with E-state index in [0.29, 0.717) is 31.6 Å². The maximum atomic E-state index is 13.3. The molecule has 1 aliphatic rings. The SMILES string of the molecule is COc1cccc(CCCNC(=O)[C@@H]2CC(=O)N[C@@H](C)C(=O)N[C@@H](CC(C)C)COc3ccccc3C(=O)N2)c1. The van der Waals surface area contributed by atoms with Gasteiger partial charge in [-0.15, -0.1) is 0 Å². The van der Waals surface area contributed by atoms with Crippen molar-refractivity contribution in [2.45, 2.75) is 64.6 Å². The largest absolute Gasteiger partial charge is 0.497 e. The summed E-state index contributed by atoms with van der Waals surface area (Å²) in [4.78, 5) is 52.1. The van der Waals surface area contributed by atoms with Gasteiger partial charge >= 0.3 is 0 Å². The van der Waals surface area contributed by atoms with Crippen LogP contribution in [0.2, 0.25) is 0 Å². The molecule has 0 bridgehead atoms. The van der Waals surface area contributed by atoms with E-state index >= 15 is 0 Å². The summed E-state index contributed by atoms with van der Waals surface area (Å²) < 4.78 is 11.2. The maximum absolute atomic E-state index is 13.3. The first-order chi connectivity index (χ1) is 19.2. The Labute approximate surface area is 235 Å². The summed E-state index contributed by atoms with van der Waals surface area (Å²) in [5.41, 5.74) is 1.30.